The predicted molar refractivity (Wildman–Crippen MR) is 152 cm³/mol. The van der Waals surface area contributed by atoms with E-state index in [0.717, 1.165) is 25.7 Å². The molecule has 0 unspecified atom stereocenters. The molecule has 0 amide bonds. The quantitative estimate of drug-likeness (QED) is 0.255. The van der Waals surface area contributed by atoms with Gasteiger partial charge in [0.25, 0.3) is 0 Å². The topological polar surface area (TPSA) is 99.1 Å². The summed E-state index contributed by atoms with van der Waals surface area (Å²) in [6.45, 7) is 14.7. The highest BCUT2D eigenvalue weighted by Gasteiger charge is 2.71. The second-order valence-electron chi connectivity index (χ2n) is 15.0. The van der Waals surface area contributed by atoms with E-state index in [-0.39, 0.29) is 58.8 Å². The molecular weight excluding hydrogens is 508 g/mol. The number of methoxy groups -OCH3 is 3. The van der Waals surface area contributed by atoms with Gasteiger partial charge in [-0.25, -0.2) is 0 Å². The van der Waals surface area contributed by atoms with Crippen molar-refractivity contribution in [3.63, 3.8) is 0 Å². The third-order valence-electron chi connectivity index (χ3n) is 13.3. The molecule has 7 heteroatoms. The molecule has 4 aliphatic carbocycles. The number of allylic oxidation sites excluding steroid dienone is 1. The average Bonchev–Trinajstić information content (AvgIpc) is 2.89. The molecule has 9 atom stereocenters. The summed E-state index contributed by atoms with van der Waals surface area (Å²) in [5, 5.41) is 12.1. The van der Waals surface area contributed by atoms with E-state index in [0.29, 0.717) is 19.3 Å². The van der Waals surface area contributed by atoms with Crippen LogP contribution in [0.15, 0.2) is 11.6 Å². The lowest BCUT2D eigenvalue weighted by atomic mass is 9.34. The molecular formula is C33H52O7. The minimum absolute atomic E-state index is 0.0465. The van der Waals surface area contributed by atoms with Crippen LogP contribution in [0.25, 0.3) is 0 Å². The Labute approximate surface area is 240 Å². The Balaban J connectivity index is 1.90. The van der Waals surface area contributed by atoms with Crippen LogP contribution in [0, 0.1) is 50.7 Å². The molecule has 226 valence electrons. The highest BCUT2D eigenvalue weighted by Crippen LogP contribution is 2.75. The molecule has 0 saturated heterocycles. The fourth-order valence-corrected chi connectivity index (χ4v) is 10.6. The van der Waals surface area contributed by atoms with E-state index in [4.69, 9.17) is 14.2 Å². The Morgan fingerprint density at radius 1 is 0.950 bits per heavy atom. The maximum atomic E-state index is 13.5. The summed E-state index contributed by atoms with van der Waals surface area (Å²) in [7, 11) is 4.32. The molecule has 0 aromatic heterocycles. The second kappa shape index (κ2) is 9.84. The van der Waals surface area contributed by atoms with Crippen LogP contribution < -0.4 is 0 Å². The average molecular weight is 561 g/mol. The van der Waals surface area contributed by atoms with Gasteiger partial charge in [-0.2, -0.15) is 0 Å². The number of hydrogen-bond donors (Lipinski definition) is 1. The van der Waals surface area contributed by atoms with Crippen LogP contribution in [0.1, 0.15) is 99.8 Å². The monoisotopic (exact) mass is 560 g/mol. The zero-order valence-electron chi connectivity index (χ0n) is 26.4. The molecule has 40 heavy (non-hydrogen) atoms. The van der Waals surface area contributed by atoms with E-state index in [1.54, 1.807) is 0 Å². The molecule has 0 aliphatic heterocycles. The Morgan fingerprint density at radius 3 is 2.17 bits per heavy atom. The molecule has 0 aromatic rings. The molecule has 0 spiro atoms. The first-order valence-corrected chi connectivity index (χ1v) is 15.1. The zero-order valence-corrected chi connectivity index (χ0v) is 26.4. The van der Waals surface area contributed by atoms with Crippen LogP contribution in [-0.2, 0) is 28.6 Å². The van der Waals surface area contributed by atoms with Crippen LogP contribution in [0.4, 0.5) is 0 Å². The summed E-state index contributed by atoms with van der Waals surface area (Å²) in [6, 6.07) is 0. The van der Waals surface area contributed by atoms with Gasteiger partial charge in [0, 0.05) is 5.92 Å². The maximum Gasteiger partial charge on any atom is 0.312 e. The third kappa shape index (κ3) is 3.95. The van der Waals surface area contributed by atoms with E-state index < -0.39 is 21.8 Å². The molecule has 7 nitrogen and oxygen atoms in total. The van der Waals surface area contributed by atoms with Crippen LogP contribution in [-0.4, -0.2) is 49.9 Å². The minimum Gasteiger partial charge on any atom is -0.469 e. The van der Waals surface area contributed by atoms with E-state index >= 15 is 0 Å². The van der Waals surface area contributed by atoms with Gasteiger partial charge in [-0.3, -0.25) is 14.4 Å². The SMILES string of the molecule is COC(=O)C[C@]1(C)[C@H]2CC=C3[C@H]4[C@](C(=O)OC)(CC[C@@H](C)[C@@]4(C)O)CC[C@@]3(C)[C@]2(C)CC[C@H]1C(C)(C)C(=O)OC. The summed E-state index contributed by atoms with van der Waals surface area (Å²) in [5.41, 5.74) is -2.42. The van der Waals surface area contributed by atoms with E-state index in [9.17, 15) is 19.5 Å². The zero-order chi connectivity index (χ0) is 30.1. The molecule has 1 N–H and O–H groups in total. The van der Waals surface area contributed by atoms with Crippen molar-refractivity contribution in [3.8, 4) is 0 Å². The summed E-state index contributed by atoms with van der Waals surface area (Å²) < 4.78 is 15.9. The van der Waals surface area contributed by atoms with Crippen LogP contribution in [0.2, 0.25) is 0 Å². The van der Waals surface area contributed by atoms with Gasteiger partial charge in [-0.05, 0) is 99.7 Å². The lowest BCUT2D eigenvalue weighted by molar-refractivity contribution is -0.208. The fourth-order valence-electron chi connectivity index (χ4n) is 10.6. The Bertz CT molecular complexity index is 1090. The second-order valence-corrected chi connectivity index (χ2v) is 15.0. The molecule has 3 saturated carbocycles. The lowest BCUT2D eigenvalue weighted by Crippen LogP contribution is -2.67. The fraction of sp³-hybridized carbons (Fsp3) is 0.848. The minimum atomic E-state index is -1.05. The number of ether oxygens (including phenoxy) is 3. The number of hydrogen-bond acceptors (Lipinski definition) is 7. The van der Waals surface area contributed by atoms with Gasteiger partial charge in [0.2, 0.25) is 0 Å². The van der Waals surface area contributed by atoms with Crippen molar-refractivity contribution < 1.29 is 33.7 Å². The predicted octanol–water partition coefficient (Wildman–Crippen LogP) is 5.87. The third-order valence-corrected chi connectivity index (χ3v) is 13.3. The van der Waals surface area contributed by atoms with Gasteiger partial charge >= 0.3 is 17.9 Å². The van der Waals surface area contributed by atoms with Crippen molar-refractivity contribution >= 4 is 17.9 Å². The first-order chi connectivity index (χ1) is 18.4. The maximum absolute atomic E-state index is 13.5. The summed E-state index contributed by atoms with van der Waals surface area (Å²) in [6.07, 6.45) is 7.83. The molecule has 0 heterocycles. The van der Waals surface area contributed by atoms with Crippen LogP contribution in [0.3, 0.4) is 0 Å². The van der Waals surface area contributed by atoms with Crippen molar-refractivity contribution in [1.29, 1.82) is 0 Å². The molecule has 4 aliphatic rings. The molecule has 4 rings (SSSR count). The van der Waals surface area contributed by atoms with Crippen molar-refractivity contribution in [1.82, 2.24) is 0 Å². The van der Waals surface area contributed by atoms with Gasteiger partial charge in [0.1, 0.15) is 0 Å². The Kier molecular flexibility index (Phi) is 7.64. The molecule has 0 radical (unpaired) electrons. The number of fused-ring (bicyclic) bond motifs is 5. The number of rotatable bonds is 5. The number of esters is 3. The van der Waals surface area contributed by atoms with Gasteiger partial charge < -0.3 is 19.3 Å². The smallest absolute Gasteiger partial charge is 0.312 e. The van der Waals surface area contributed by atoms with Gasteiger partial charge in [-0.1, -0.05) is 39.3 Å². The first kappa shape index (κ1) is 31.1. The largest absolute Gasteiger partial charge is 0.469 e. The van der Waals surface area contributed by atoms with Crippen molar-refractivity contribution in [2.75, 3.05) is 21.3 Å². The Morgan fingerprint density at radius 2 is 1.60 bits per heavy atom. The number of carbonyl (C=O) groups is 3. The lowest BCUT2D eigenvalue weighted by Gasteiger charge is -2.70. The van der Waals surface area contributed by atoms with Crippen molar-refractivity contribution in [2.45, 2.75) is 105 Å². The highest BCUT2D eigenvalue weighted by molar-refractivity contribution is 5.79. The van der Waals surface area contributed by atoms with Crippen molar-refractivity contribution in [2.24, 2.45) is 50.7 Å². The van der Waals surface area contributed by atoms with Crippen molar-refractivity contribution in [3.05, 3.63) is 11.6 Å². The molecule has 3 fully saturated rings. The van der Waals surface area contributed by atoms with Crippen LogP contribution in [0.5, 0.6) is 0 Å². The summed E-state index contributed by atoms with van der Waals surface area (Å²) in [5.74, 6) is -1.02. The summed E-state index contributed by atoms with van der Waals surface area (Å²) >= 11 is 0. The standard InChI is InChI=1S/C33H52O7/c1-20-13-16-33(27(36)40-10)18-17-30(5)21(25(33)32(20,7)37)11-12-23-29(4,19-24(34)38-8)22(14-15-31(23,30)6)28(2,3)26(35)39-9/h11,20,22-23,25,37H,12-19H2,1-10H3/t20-,22+,23-,25-,29+,30-,31-,32-,33+/m1/s1. The normalized spacial score (nSPS) is 44.7. The number of aliphatic hydroxyl groups is 1. The first-order valence-electron chi connectivity index (χ1n) is 15.1. The van der Waals surface area contributed by atoms with Gasteiger partial charge in [0.05, 0.1) is 44.2 Å². The van der Waals surface area contributed by atoms with Crippen LogP contribution >= 0.6 is 0 Å². The molecule has 0 bridgehead atoms. The number of carbonyl (C=O) groups excluding carboxylic acids is 3. The van der Waals surface area contributed by atoms with Gasteiger partial charge in [-0.15, -0.1) is 0 Å². The van der Waals surface area contributed by atoms with E-state index in [1.807, 2.05) is 20.8 Å². The van der Waals surface area contributed by atoms with Gasteiger partial charge in [0.15, 0.2) is 0 Å². The molecule has 0 aromatic carbocycles. The van der Waals surface area contributed by atoms with E-state index in [1.165, 1.54) is 26.9 Å². The summed E-state index contributed by atoms with van der Waals surface area (Å²) in [4.78, 5) is 39.5. The Hall–Kier alpha value is -1.89. The highest BCUT2D eigenvalue weighted by atomic mass is 16.5. The van der Waals surface area contributed by atoms with E-state index in [2.05, 4.69) is 33.8 Å².